The van der Waals surface area contributed by atoms with Crippen molar-refractivity contribution in [2.24, 2.45) is 11.3 Å². The Morgan fingerprint density at radius 2 is 1.95 bits per heavy atom. The van der Waals surface area contributed by atoms with Crippen LogP contribution in [0, 0.1) is 11.3 Å². The molecule has 0 saturated heterocycles. The molecule has 0 radical (unpaired) electrons. The van der Waals surface area contributed by atoms with Crippen LogP contribution >= 0.6 is 0 Å². The second-order valence-electron chi connectivity index (χ2n) is 7.50. The van der Waals surface area contributed by atoms with Crippen LogP contribution in [0.1, 0.15) is 53.9 Å². The Bertz CT molecular complexity index is 350. The van der Waals surface area contributed by atoms with Crippen molar-refractivity contribution in [3.63, 3.8) is 0 Å². The van der Waals surface area contributed by atoms with E-state index in [1.54, 1.807) is 0 Å². The second kappa shape index (κ2) is 6.02. The third kappa shape index (κ3) is 3.73. The van der Waals surface area contributed by atoms with Crippen LogP contribution in [-0.2, 0) is 9.53 Å². The molecule has 1 amide bonds. The summed E-state index contributed by atoms with van der Waals surface area (Å²) in [5.74, 6) is 0.705. The molecule has 2 fully saturated rings. The average Bonchev–Trinajstić information content (AvgIpc) is 3.15. The molecule has 20 heavy (non-hydrogen) atoms. The zero-order valence-electron chi connectivity index (χ0n) is 13.5. The van der Waals surface area contributed by atoms with Gasteiger partial charge in [-0.3, -0.25) is 4.79 Å². The molecule has 3 atom stereocenters. The number of rotatable bonds is 7. The molecule has 4 heteroatoms. The Morgan fingerprint density at radius 3 is 2.45 bits per heavy atom. The van der Waals surface area contributed by atoms with Crippen LogP contribution in [0.3, 0.4) is 0 Å². The van der Waals surface area contributed by atoms with E-state index in [2.05, 4.69) is 38.3 Å². The van der Waals surface area contributed by atoms with Gasteiger partial charge in [0.15, 0.2) is 0 Å². The first kappa shape index (κ1) is 15.8. The molecule has 2 aliphatic rings. The molecule has 2 aliphatic carbocycles. The summed E-state index contributed by atoms with van der Waals surface area (Å²) < 4.78 is 5.96. The van der Waals surface area contributed by atoms with E-state index in [1.165, 1.54) is 0 Å². The molecule has 0 aliphatic heterocycles. The first-order valence-electron chi connectivity index (χ1n) is 7.98. The second-order valence-corrected chi connectivity index (χ2v) is 7.50. The van der Waals surface area contributed by atoms with E-state index < -0.39 is 0 Å². The molecule has 4 nitrogen and oxygen atoms in total. The molecule has 2 saturated carbocycles. The van der Waals surface area contributed by atoms with E-state index in [-0.39, 0.29) is 17.4 Å². The number of nitrogens with one attached hydrogen (secondary N) is 2. The van der Waals surface area contributed by atoms with Crippen molar-refractivity contribution < 1.29 is 9.53 Å². The van der Waals surface area contributed by atoms with Crippen LogP contribution in [0.25, 0.3) is 0 Å². The number of hydrogen-bond donors (Lipinski definition) is 2. The minimum absolute atomic E-state index is 0.100. The van der Waals surface area contributed by atoms with Crippen LogP contribution in [0.5, 0.6) is 0 Å². The van der Waals surface area contributed by atoms with Gasteiger partial charge >= 0.3 is 0 Å². The van der Waals surface area contributed by atoms with Gasteiger partial charge < -0.3 is 15.4 Å². The monoisotopic (exact) mass is 282 g/mol. The van der Waals surface area contributed by atoms with Crippen molar-refractivity contribution in [3.8, 4) is 0 Å². The maximum Gasteiger partial charge on any atom is 0.237 e. The quantitative estimate of drug-likeness (QED) is 0.751. The number of carbonyl (C=O) groups excluding carboxylic acids is 1. The fourth-order valence-corrected chi connectivity index (χ4v) is 2.69. The predicted molar refractivity (Wildman–Crippen MR) is 80.5 cm³/mol. The zero-order valence-corrected chi connectivity index (χ0v) is 13.5. The van der Waals surface area contributed by atoms with Crippen molar-refractivity contribution in [2.75, 3.05) is 6.61 Å². The van der Waals surface area contributed by atoms with E-state index >= 15 is 0 Å². The third-order valence-electron chi connectivity index (χ3n) is 4.58. The predicted octanol–water partition coefficient (Wildman–Crippen LogP) is 2.08. The molecule has 0 bridgehead atoms. The lowest BCUT2D eigenvalue weighted by molar-refractivity contribution is -0.134. The van der Waals surface area contributed by atoms with Gasteiger partial charge in [0.2, 0.25) is 5.91 Å². The van der Waals surface area contributed by atoms with Crippen molar-refractivity contribution in [1.82, 2.24) is 10.6 Å². The van der Waals surface area contributed by atoms with E-state index in [9.17, 15) is 4.79 Å². The maximum absolute atomic E-state index is 12.0. The van der Waals surface area contributed by atoms with Gasteiger partial charge in [0.1, 0.15) is 0 Å². The number of hydrogen-bond acceptors (Lipinski definition) is 3. The SMILES string of the molecule is CC(C)COC1CC(NC(C)C(=O)NC2CC2)C1(C)C. The molecule has 3 unspecified atom stereocenters. The van der Waals surface area contributed by atoms with Gasteiger partial charge in [0.05, 0.1) is 12.1 Å². The Hall–Kier alpha value is -0.610. The van der Waals surface area contributed by atoms with Gasteiger partial charge in [0, 0.05) is 24.1 Å². The number of ether oxygens (including phenoxy) is 1. The molecule has 0 aromatic carbocycles. The van der Waals surface area contributed by atoms with Crippen molar-refractivity contribution in [2.45, 2.75) is 78.1 Å². The lowest BCUT2D eigenvalue weighted by Gasteiger charge is -2.52. The summed E-state index contributed by atoms with van der Waals surface area (Å²) in [7, 11) is 0. The highest BCUT2D eigenvalue weighted by atomic mass is 16.5. The Kier molecular flexibility index (Phi) is 4.75. The van der Waals surface area contributed by atoms with Crippen molar-refractivity contribution in [1.29, 1.82) is 0 Å². The van der Waals surface area contributed by atoms with E-state index in [0.717, 1.165) is 25.9 Å². The summed E-state index contributed by atoms with van der Waals surface area (Å²) in [4.78, 5) is 12.0. The highest BCUT2D eigenvalue weighted by molar-refractivity contribution is 5.81. The summed E-state index contributed by atoms with van der Waals surface area (Å²) in [5.41, 5.74) is 0.100. The highest BCUT2D eigenvalue weighted by Crippen LogP contribution is 2.43. The summed E-state index contributed by atoms with van der Waals surface area (Å²) in [6.07, 6.45) is 3.58. The van der Waals surface area contributed by atoms with Crippen LogP contribution in [-0.4, -0.2) is 36.7 Å². The maximum atomic E-state index is 12.0. The third-order valence-corrected chi connectivity index (χ3v) is 4.58. The number of amides is 1. The summed E-state index contributed by atoms with van der Waals surface area (Å²) in [6.45, 7) is 11.6. The summed E-state index contributed by atoms with van der Waals surface area (Å²) in [6, 6.07) is 0.675. The van der Waals surface area contributed by atoms with Gasteiger partial charge in [-0.15, -0.1) is 0 Å². The average molecular weight is 282 g/mol. The van der Waals surface area contributed by atoms with Crippen LogP contribution in [0.15, 0.2) is 0 Å². The fourth-order valence-electron chi connectivity index (χ4n) is 2.69. The van der Waals surface area contributed by atoms with Crippen LogP contribution < -0.4 is 10.6 Å². The Labute approximate surface area is 123 Å². The van der Waals surface area contributed by atoms with Crippen LogP contribution in [0.2, 0.25) is 0 Å². The Morgan fingerprint density at radius 1 is 1.30 bits per heavy atom. The van der Waals surface area contributed by atoms with Gasteiger partial charge in [-0.1, -0.05) is 27.7 Å². The standard InChI is InChI=1S/C16H30N2O2/c1-10(2)9-20-14-8-13(16(14,4)5)17-11(3)15(19)18-12-6-7-12/h10-14,17H,6-9H2,1-5H3,(H,18,19). The molecule has 0 aromatic rings. The molecule has 2 rings (SSSR count). The molecule has 0 aromatic heterocycles. The topological polar surface area (TPSA) is 50.4 Å². The Balaban J connectivity index is 1.75. The molecule has 116 valence electrons. The van der Waals surface area contributed by atoms with Gasteiger partial charge in [-0.2, -0.15) is 0 Å². The molecular formula is C16H30N2O2. The summed E-state index contributed by atoms with van der Waals surface area (Å²) in [5, 5.41) is 6.52. The molecule has 2 N–H and O–H groups in total. The smallest absolute Gasteiger partial charge is 0.237 e. The first-order chi connectivity index (χ1) is 9.30. The largest absolute Gasteiger partial charge is 0.377 e. The van der Waals surface area contributed by atoms with Gasteiger partial charge in [-0.25, -0.2) is 0 Å². The highest BCUT2D eigenvalue weighted by Gasteiger charge is 2.49. The molecule has 0 spiro atoms. The lowest BCUT2D eigenvalue weighted by atomic mass is 9.64. The van der Waals surface area contributed by atoms with Crippen molar-refractivity contribution in [3.05, 3.63) is 0 Å². The zero-order chi connectivity index (χ0) is 14.9. The van der Waals surface area contributed by atoms with Gasteiger partial charge in [0.25, 0.3) is 0 Å². The summed E-state index contributed by atoms with van der Waals surface area (Å²) >= 11 is 0. The molecular weight excluding hydrogens is 252 g/mol. The van der Waals surface area contributed by atoms with Crippen molar-refractivity contribution >= 4 is 5.91 Å². The first-order valence-corrected chi connectivity index (χ1v) is 7.98. The minimum atomic E-state index is -0.120. The number of carbonyl (C=O) groups is 1. The normalized spacial score (nSPS) is 29.9. The minimum Gasteiger partial charge on any atom is -0.377 e. The van der Waals surface area contributed by atoms with E-state index in [4.69, 9.17) is 4.74 Å². The van der Waals surface area contributed by atoms with Crippen LogP contribution in [0.4, 0.5) is 0 Å². The van der Waals surface area contributed by atoms with E-state index in [0.29, 0.717) is 24.1 Å². The van der Waals surface area contributed by atoms with E-state index in [1.807, 2.05) is 6.92 Å². The lowest BCUT2D eigenvalue weighted by Crippen LogP contribution is -2.64. The van der Waals surface area contributed by atoms with Gasteiger partial charge in [-0.05, 0) is 32.1 Å². The fraction of sp³-hybridized carbons (Fsp3) is 0.938. The molecule has 0 heterocycles.